The summed E-state index contributed by atoms with van der Waals surface area (Å²) in [5.74, 6) is 0. The minimum absolute atomic E-state index is 0.385. The van der Waals surface area contributed by atoms with Crippen LogP contribution in [0.3, 0.4) is 0 Å². The molecule has 1 saturated carbocycles. The van der Waals surface area contributed by atoms with E-state index in [4.69, 9.17) is 4.74 Å². The van der Waals surface area contributed by atoms with Gasteiger partial charge in [0.05, 0.1) is 12.2 Å². The Labute approximate surface area is 125 Å². The summed E-state index contributed by atoms with van der Waals surface area (Å²) in [6, 6.07) is 1.41. The number of nitrogens with zero attached hydrogens (tertiary/aromatic N) is 1. The molecule has 0 aromatic carbocycles. The Bertz CT molecular complexity index is 260. The molecule has 2 aliphatic rings. The lowest BCUT2D eigenvalue weighted by atomic mass is 9.90. The normalized spacial score (nSPS) is 37.4. The first-order chi connectivity index (χ1) is 9.70. The quantitative estimate of drug-likeness (QED) is 0.857. The van der Waals surface area contributed by atoms with E-state index in [2.05, 4.69) is 31.0 Å². The second-order valence-corrected chi connectivity index (χ2v) is 6.83. The molecule has 4 atom stereocenters. The molecule has 0 bridgehead atoms. The van der Waals surface area contributed by atoms with Gasteiger partial charge in [-0.2, -0.15) is 0 Å². The van der Waals surface area contributed by atoms with Gasteiger partial charge in [0.25, 0.3) is 0 Å². The lowest BCUT2D eigenvalue weighted by Crippen LogP contribution is -2.57. The van der Waals surface area contributed by atoms with Gasteiger partial charge < -0.3 is 10.1 Å². The topological polar surface area (TPSA) is 24.5 Å². The van der Waals surface area contributed by atoms with Crippen LogP contribution in [0.4, 0.5) is 0 Å². The van der Waals surface area contributed by atoms with Crippen LogP contribution >= 0.6 is 0 Å². The Balaban J connectivity index is 2.00. The van der Waals surface area contributed by atoms with Crippen LogP contribution in [0.1, 0.15) is 65.7 Å². The third kappa shape index (κ3) is 4.71. The van der Waals surface area contributed by atoms with Gasteiger partial charge >= 0.3 is 0 Å². The van der Waals surface area contributed by atoms with Crippen molar-refractivity contribution in [1.82, 2.24) is 10.2 Å². The first kappa shape index (κ1) is 16.3. The van der Waals surface area contributed by atoms with E-state index in [-0.39, 0.29) is 0 Å². The zero-order chi connectivity index (χ0) is 14.4. The fourth-order valence-corrected chi connectivity index (χ4v) is 3.96. The molecule has 2 fully saturated rings. The summed E-state index contributed by atoms with van der Waals surface area (Å²) >= 11 is 0. The number of rotatable bonds is 4. The summed E-state index contributed by atoms with van der Waals surface area (Å²) < 4.78 is 5.92. The van der Waals surface area contributed by atoms with Gasteiger partial charge in [0.15, 0.2) is 0 Å². The number of nitrogens with one attached hydrogen (secondary N) is 1. The highest BCUT2D eigenvalue weighted by Crippen LogP contribution is 2.25. The largest absolute Gasteiger partial charge is 0.373 e. The van der Waals surface area contributed by atoms with Gasteiger partial charge in [0.1, 0.15) is 0 Å². The first-order valence-corrected chi connectivity index (χ1v) is 8.83. The molecule has 3 nitrogen and oxygen atoms in total. The molecule has 1 heterocycles. The molecule has 20 heavy (non-hydrogen) atoms. The number of morpholine rings is 1. The third-order valence-corrected chi connectivity index (χ3v) is 4.80. The molecular formula is C17H34N2O. The molecule has 2 rings (SSSR count). The summed E-state index contributed by atoms with van der Waals surface area (Å²) in [6.45, 7) is 10.1. The van der Waals surface area contributed by atoms with Crippen molar-refractivity contribution in [3.05, 3.63) is 0 Å². The summed E-state index contributed by atoms with van der Waals surface area (Å²) in [6.07, 6.45) is 10.4. The summed E-state index contributed by atoms with van der Waals surface area (Å²) in [5.41, 5.74) is 0. The van der Waals surface area contributed by atoms with Crippen molar-refractivity contribution in [1.29, 1.82) is 0 Å². The monoisotopic (exact) mass is 282 g/mol. The van der Waals surface area contributed by atoms with Gasteiger partial charge in [-0.1, -0.05) is 32.6 Å². The van der Waals surface area contributed by atoms with E-state index in [1.165, 1.54) is 44.9 Å². The summed E-state index contributed by atoms with van der Waals surface area (Å²) in [4.78, 5) is 2.72. The highest BCUT2D eigenvalue weighted by Gasteiger charge is 2.32. The van der Waals surface area contributed by atoms with Crippen molar-refractivity contribution in [2.75, 3.05) is 19.6 Å². The predicted octanol–water partition coefficient (Wildman–Crippen LogP) is 3.19. The average molecular weight is 282 g/mol. The smallest absolute Gasteiger partial charge is 0.0678 e. The van der Waals surface area contributed by atoms with Gasteiger partial charge in [0, 0.05) is 25.2 Å². The Morgan fingerprint density at radius 3 is 2.30 bits per heavy atom. The molecule has 0 spiro atoms. The molecule has 1 saturated heterocycles. The molecule has 1 aliphatic carbocycles. The Morgan fingerprint density at radius 2 is 1.65 bits per heavy atom. The third-order valence-electron chi connectivity index (χ3n) is 4.80. The van der Waals surface area contributed by atoms with Crippen LogP contribution in [-0.4, -0.2) is 48.8 Å². The van der Waals surface area contributed by atoms with Crippen LogP contribution in [0.15, 0.2) is 0 Å². The van der Waals surface area contributed by atoms with E-state index < -0.39 is 0 Å². The van der Waals surface area contributed by atoms with E-state index in [0.29, 0.717) is 18.2 Å². The average Bonchev–Trinajstić information content (AvgIpc) is 2.36. The van der Waals surface area contributed by atoms with E-state index in [1.807, 2.05) is 0 Å². The number of hydrogen-bond donors (Lipinski definition) is 1. The summed E-state index contributed by atoms with van der Waals surface area (Å²) in [7, 11) is 0. The van der Waals surface area contributed by atoms with Crippen molar-refractivity contribution in [3.8, 4) is 0 Å². The lowest BCUT2D eigenvalue weighted by Gasteiger charge is -2.44. The van der Waals surface area contributed by atoms with Gasteiger partial charge in [-0.25, -0.2) is 0 Å². The second kappa shape index (κ2) is 8.35. The van der Waals surface area contributed by atoms with Crippen molar-refractivity contribution >= 4 is 0 Å². The van der Waals surface area contributed by atoms with Crippen LogP contribution < -0.4 is 5.32 Å². The minimum Gasteiger partial charge on any atom is -0.373 e. The highest BCUT2D eigenvalue weighted by molar-refractivity contribution is 4.89. The maximum Gasteiger partial charge on any atom is 0.0678 e. The maximum absolute atomic E-state index is 5.92. The molecule has 0 amide bonds. The molecule has 0 radical (unpaired) electrons. The van der Waals surface area contributed by atoms with E-state index in [1.54, 1.807) is 0 Å². The zero-order valence-corrected chi connectivity index (χ0v) is 13.7. The van der Waals surface area contributed by atoms with Crippen molar-refractivity contribution in [2.45, 2.75) is 90.0 Å². The van der Waals surface area contributed by atoms with Crippen molar-refractivity contribution < 1.29 is 4.74 Å². The minimum atomic E-state index is 0.385. The standard InChI is InChI=1S/C17H34N2O/c1-4-11-18-16-9-7-5-6-8-10-17(16)19-12-14(2)20-15(3)13-19/h14-18H,4-13H2,1-3H3. The SMILES string of the molecule is CCCNC1CCCCCCC1N1CC(C)OC(C)C1. The first-order valence-electron chi connectivity index (χ1n) is 8.83. The molecule has 118 valence electrons. The van der Waals surface area contributed by atoms with Crippen LogP contribution in [-0.2, 0) is 4.74 Å². The van der Waals surface area contributed by atoms with E-state index in [0.717, 1.165) is 25.7 Å². The fourth-order valence-electron chi connectivity index (χ4n) is 3.96. The molecule has 3 heteroatoms. The van der Waals surface area contributed by atoms with Crippen LogP contribution in [0, 0.1) is 0 Å². The highest BCUT2D eigenvalue weighted by atomic mass is 16.5. The molecule has 4 unspecified atom stereocenters. The van der Waals surface area contributed by atoms with Gasteiger partial charge in [0.2, 0.25) is 0 Å². The fraction of sp³-hybridized carbons (Fsp3) is 1.00. The van der Waals surface area contributed by atoms with Gasteiger partial charge in [-0.15, -0.1) is 0 Å². The summed E-state index contributed by atoms with van der Waals surface area (Å²) in [5, 5.41) is 3.83. The van der Waals surface area contributed by atoms with E-state index in [9.17, 15) is 0 Å². The number of hydrogen-bond acceptors (Lipinski definition) is 3. The van der Waals surface area contributed by atoms with Crippen LogP contribution in [0.2, 0.25) is 0 Å². The Kier molecular flexibility index (Phi) is 6.79. The number of ether oxygens (including phenoxy) is 1. The predicted molar refractivity (Wildman–Crippen MR) is 85.2 cm³/mol. The van der Waals surface area contributed by atoms with Crippen molar-refractivity contribution in [2.24, 2.45) is 0 Å². The lowest BCUT2D eigenvalue weighted by molar-refractivity contribution is -0.0863. The molecular weight excluding hydrogens is 248 g/mol. The Morgan fingerprint density at radius 1 is 1.00 bits per heavy atom. The van der Waals surface area contributed by atoms with Crippen LogP contribution in [0.25, 0.3) is 0 Å². The van der Waals surface area contributed by atoms with Crippen LogP contribution in [0.5, 0.6) is 0 Å². The molecule has 0 aromatic rings. The van der Waals surface area contributed by atoms with Gasteiger partial charge in [-0.05, 0) is 39.7 Å². The molecule has 1 N–H and O–H groups in total. The molecule has 1 aliphatic heterocycles. The maximum atomic E-state index is 5.92. The van der Waals surface area contributed by atoms with E-state index >= 15 is 0 Å². The molecule has 0 aromatic heterocycles. The Hall–Kier alpha value is -0.120. The second-order valence-electron chi connectivity index (χ2n) is 6.83. The zero-order valence-electron chi connectivity index (χ0n) is 13.7. The van der Waals surface area contributed by atoms with Gasteiger partial charge in [-0.3, -0.25) is 4.90 Å². The van der Waals surface area contributed by atoms with Crippen molar-refractivity contribution in [3.63, 3.8) is 0 Å².